The minimum atomic E-state index is -3.01. The average Bonchev–Trinajstić information content (AvgIpc) is 3.54. The van der Waals surface area contributed by atoms with E-state index in [0.717, 1.165) is 22.2 Å². The summed E-state index contributed by atoms with van der Waals surface area (Å²) in [6, 6.07) is 9.66. The Bertz CT molecular complexity index is 1560. The molecule has 2 bridgehead atoms. The van der Waals surface area contributed by atoms with Crippen molar-refractivity contribution >= 4 is 16.9 Å². The predicted octanol–water partition coefficient (Wildman–Crippen LogP) is 3.35. The second-order valence-electron chi connectivity index (χ2n) is 8.79. The number of halogens is 2. The molecule has 0 fully saturated rings. The van der Waals surface area contributed by atoms with Crippen molar-refractivity contribution in [1.29, 1.82) is 0 Å². The molecule has 2 aromatic carbocycles. The zero-order valence-corrected chi connectivity index (χ0v) is 19.2. The second kappa shape index (κ2) is 8.46. The van der Waals surface area contributed by atoms with Crippen molar-refractivity contribution in [2.45, 2.75) is 31.7 Å². The number of hydrogen-bond acceptors (Lipinski definition) is 5. The molecule has 10 heteroatoms. The molecule has 0 spiro atoms. The van der Waals surface area contributed by atoms with Crippen molar-refractivity contribution < 1.29 is 23.4 Å². The number of carbonyl (C=O) groups is 1. The third-order valence-corrected chi connectivity index (χ3v) is 6.72. The standard InChI is InChI=1S/C26H21F2N5O3/c1-31-21-12-20(23-17(25(31)35)3-2-4-22(23)36-26(27)28)33-19-11-15(7-8-18(19)30-24(21)33)5-6-16-13-29-32(14-16)9-10-34/h2-4,7-8,11,13-14,20-21,26,34H,9-10,12H2,1H3/t20-,21-/m1/s1. The van der Waals surface area contributed by atoms with Crippen molar-refractivity contribution in [2.24, 2.45) is 0 Å². The number of aliphatic hydroxyl groups is 1. The Morgan fingerprint density at radius 2 is 2.03 bits per heavy atom. The molecule has 0 unspecified atom stereocenters. The number of rotatable bonds is 4. The Morgan fingerprint density at radius 3 is 2.83 bits per heavy atom. The number of benzene rings is 2. The van der Waals surface area contributed by atoms with Crippen LogP contribution in [0.3, 0.4) is 0 Å². The Morgan fingerprint density at radius 1 is 1.19 bits per heavy atom. The van der Waals surface area contributed by atoms with Gasteiger partial charge in [-0.25, -0.2) is 4.98 Å². The smallest absolute Gasteiger partial charge is 0.387 e. The summed E-state index contributed by atoms with van der Waals surface area (Å²) in [6.45, 7) is -2.62. The quantitative estimate of drug-likeness (QED) is 0.445. The molecule has 6 rings (SSSR count). The van der Waals surface area contributed by atoms with E-state index in [0.29, 0.717) is 29.9 Å². The van der Waals surface area contributed by atoms with Gasteiger partial charge in [-0.2, -0.15) is 13.9 Å². The maximum Gasteiger partial charge on any atom is 0.387 e. The number of aliphatic hydroxyl groups excluding tert-OH is 1. The minimum absolute atomic E-state index is 0.000405. The van der Waals surface area contributed by atoms with Gasteiger partial charge in [0, 0.05) is 36.4 Å². The molecule has 2 aliphatic heterocycles. The van der Waals surface area contributed by atoms with Crippen LogP contribution >= 0.6 is 0 Å². The van der Waals surface area contributed by atoms with Crippen LogP contribution in [0, 0.1) is 11.8 Å². The van der Waals surface area contributed by atoms with Crippen LogP contribution in [0.5, 0.6) is 5.75 Å². The fraction of sp³-hybridized carbons (Fsp3) is 0.269. The highest BCUT2D eigenvalue weighted by Crippen LogP contribution is 2.49. The van der Waals surface area contributed by atoms with Crippen molar-refractivity contribution in [3.05, 3.63) is 76.9 Å². The molecule has 4 aromatic rings. The second-order valence-corrected chi connectivity index (χ2v) is 8.79. The summed E-state index contributed by atoms with van der Waals surface area (Å²) in [4.78, 5) is 19.6. The summed E-state index contributed by atoms with van der Waals surface area (Å²) in [5.74, 6) is 6.68. The topological polar surface area (TPSA) is 85.4 Å². The van der Waals surface area contributed by atoms with E-state index in [1.54, 1.807) is 41.2 Å². The zero-order chi connectivity index (χ0) is 25.0. The number of fused-ring (bicyclic) bond motifs is 9. The van der Waals surface area contributed by atoms with Crippen LogP contribution in [0.25, 0.3) is 11.0 Å². The van der Waals surface area contributed by atoms with Gasteiger partial charge in [0.15, 0.2) is 0 Å². The van der Waals surface area contributed by atoms with Gasteiger partial charge >= 0.3 is 6.61 Å². The fourth-order valence-electron chi connectivity index (χ4n) is 5.15. The van der Waals surface area contributed by atoms with Gasteiger partial charge in [-0.05, 0) is 30.3 Å². The third kappa shape index (κ3) is 3.51. The Balaban J connectivity index is 1.47. The van der Waals surface area contributed by atoms with E-state index in [1.165, 1.54) is 6.07 Å². The van der Waals surface area contributed by atoms with E-state index in [-0.39, 0.29) is 24.3 Å². The zero-order valence-electron chi connectivity index (χ0n) is 19.2. The van der Waals surface area contributed by atoms with E-state index in [1.807, 2.05) is 22.8 Å². The molecule has 1 N–H and O–H groups in total. The first-order chi connectivity index (χ1) is 17.4. The highest BCUT2D eigenvalue weighted by molar-refractivity contribution is 5.97. The van der Waals surface area contributed by atoms with Crippen molar-refractivity contribution in [3.63, 3.8) is 0 Å². The van der Waals surface area contributed by atoms with Gasteiger partial charge in [0.1, 0.15) is 11.6 Å². The normalized spacial score (nSPS) is 18.1. The summed E-state index contributed by atoms with van der Waals surface area (Å²) >= 11 is 0. The van der Waals surface area contributed by atoms with Crippen LogP contribution in [0.4, 0.5) is 8.78 Å². The summed E-state index contributed by atoms with van der Waals surface area (Å²) in [5.41, 5.74) is 3.81. The van der Waals surface area contributed by atoms with Gasteiger partial charge in [-0.3, -0.25) is 9.48 Å². The summed E-state index contributed by atoms with van der Waals surface area (Å²) < 4.78 is 35.0. The number of amides is 1. The minimum Gasteiger partial charge on any atom is -0.434 e. The van der Waals surface area contributed by atoms with E-state index in [4.69, 9.17) is 14.8 Å². The van der Waals surface area contributed by atoms with Crippen LogP contribution in [-0.4, -0.2) is 55.5 Å². The van der Waals surface area contributed by atoms with Crippen LogP contribution in [-0.2, 0) is 6.54 Å². The van der Waals surface area contributed by atoms with E-state index >= 15 is 0 Å². The molecule has 182 valence electrons. The largest absolute Gasteiger partial charge is 0.434 e. The van der Waals surface area contributed by atoms with Crippen LogP contribution < -0.4 is 4.74 Å². The maximum atomic E-state index is 13.2. The van der Waals surface area contributed by atoms with Crippen LogP contribution in [0.15, 0.2) is 48.8 Å². The van der Waals surface area contributed by atoms with Gasteiger partial charge in [-0.15, -0.1) is 0 Å². The lowest BCUT2D eigenvalue weighted by molar-refractivity contribution is -0.0507. The SMILES string of the molecule is CN1C(=O)c2cccc(OC(F)F)c2[C@H]2C[C@@H]1c1nc3ccc(C#Cc4cnn(CCO)c4)cc3n12. The predicted molar refractivity (Wildman–Crippen MR) is 126 cm³/mol. The molecule has 0 radical (unpaired) electrons. The van der Waals surface area contributed by atoms with Crippen molar-refractivity contribution in [3.8, 4) is 17.6 Å². The molecule has 4 heterocycles. The number of ether oxygens (including phenoxy) is 1. The molecule has 8 nitrogen and oxygen atoms in total. The van der Waals surface area contributed by atoms with E-state index in [9.17, 15) is 13.6 Å². The first-order valence-electron chi connectivity index (χ1n) is 11.5. The van der Waals surface area contributed by atoms with Gasteiger partial charge < -0.3 is 19.3 Å². The third-order valence-electron chi connectivity index (χ3n) is 6.72. The van der Waals surface area contributed by atoms with Gasteiger partial charge in [0.25, 0.3) is 5.91 Å². The fourth-order valence-corrected chi connectivity index (χ4v) is 5.15. The van der Waals surface area contributed by atoms with Crippen molar-refractivity contribution in [1.82, 2.24) is 24.2 Å². The molecule has 36 heavy (non-hydrogen) atoms. The lowest BCUT2D eigenvalue weighted by Gasteiger charge is -2.24. The lowest BCUT2D eigenvalue weighted by Crippen LogP contribution is -2.30. The summed E-state index contributed by atoms with van der Waals surface area (Å²) in [5, 5.41) is 13.2. The molecule has 2 aromatic heterocycles. The summed E-state index contributed by atoms with van der Waals surface area (Å²) in [7, 11) is 1.71. The van der Waals surface area contributed by atoms with E-state index < -0.39 is 12.7 Å². The van der Waals surface area contributed by atoms with Gasteiger partial charge in [0.05, 0.1) is 48.0 Å². The molecule has 2 atom stereocenters. The molecular weight excluding hydrogens is 468 g/mol. The van der Waals surface area contributed by atoms with Crippen molar-refractivity contribution in [2.75, 3.05) is 13.7 Å². The molecule has 0 saturated heterocycles. The average molecular weight is 489 g/mol. The Labute approximate surface area is 204 Å². The van der Waals surface area contributed by atoms with Crippen LogP contribution in [0.1, 0.15) is 51.4 Å². The Hall–Kier alpha value is -4.23. The molecular formula is C26H21F2N5O3. The maximum absolute atomic E-state index is 13.2. The first kappa shape index (κ1) is 22.2. The highest BCUT2D eigenvalue weighted by atomic mass is 19.3. The number of hydrogen-bond donors (Lipinski definition) is 1. The summed E-state index contributed by atoms with van der Waals surface area (Å²) in [6.07, 6.45) is 3.91. The monoisotopic (exact) mass is 489 g/mol. The number of imidazole rings is 1. The van der Waals surface area contributed by atoms with Crippen LogP contribution in [0.2, 0.25) is 0 Å². The number of alkyl halides is 2. The Kier molecular flexibility index (Phi) is 5.23. The lowest BCUT2D eigenvalue weighted by atomic mass is 9.97. The number of carbonyl (C=O) groups excluding carboxylic acids is 1. The van der Waals surface area contributed by atoms with Gasteiger partial charge in [-0.1, -0.05) is 17.9 Å². The first-order valence-corrected chi connectivity index (χ1v) is 11.5. The van der Waals surface area contributed by atoms with Gasteiger partial charge in [0.2, 0.25) is 0 Å². The molecule has 0 aliphatic carbocycles. The molecule has 1 amide bonds. The highest BCUT2D eigenvalue weighted by Gasteiger charge is 2.45. The van der Waals surface area contributed by atoms with E-state index in [2.05, 4.69) is 16.9 Å². The number of nitrogens with zero attached hydrogens (tertiary/aromatic N) is 5. The number of aromatic nitrogens is 4. The molecule has 2 aliphatic rings. The molecule has 0 saturated carbocycles.